The molecular formula is C19H18N2O4S. The number of aliphatic hydroxyl groups excluding tert-OH is 1. The maximum atomic E-state index is 13.4. The maximum Gasteiger partial charge on any atom is 0.268 e. The molecule has 4 rings (SSSR count). The summed E-state index contributed by atoms with van der Waals surface area (Å²) in [6.45, 7) is 1.74. The summed E-state index contributed by atoms with van der Waals surface area (Å²) in [5, 5.41) is 14.1. The molecule has 0 bridgehead atoms. The molecule has 0 spiro atoms. The molecule has 134 valence electrons. The summed E-state index contributed by atoms with van der Waals surface area (Å²) < 4.78 is 28.0. The topological polar surface area (TPSA) is 80.9 Å². The van der Waals surface area contributed by atoms with Crippen molar-refractivity contribution in [2.24, 2.45) is 5.16 Å². The molecule has 0 aliphatic carbocycles. The zero-order valence-electron chi connectivity index (χ0n) is 14.2. The van der Waals surface area contributed by atoms with Crippen molar-refractivity contribution < 1.29 is 18.4 Å². The Hall–Kier alpha value is -2.64. The maximum absolute atomic E-state index is 13.4. The first kappa shape index (κ1) is 16.8. The lowest BCUT2D eigenvalue weighted by Crippen LogP contribution is -2.20. The second-order valence-corrected chi connectivity index (χ2v) is 8.11. The zero-order chi connectivity index (χ0) is 18.3. The van der Waals surface area contributed by atoms with Gasteiger partial charge in [-0.05, 0) is 31.2 Å². The molecule has 2 heterocycles. The van der Waals surface area contributed by atoms with Crippen molar-refractivity contribution in [3.63, 3.8) is 0 Å². The van der Waals surface area contributed by atoms with Crippen molar-refractivity contribution in [3.8, 4) is 0 Å². The van der Waals surface area contributed by atoms with Crippen molar-refractivity contribution in [1.29, 1.82) is 0 Å². The van der Waals surface area contributed by atoms with Crippen molar-refractivity contribution in [2.75, 3.05) is 6.61 Å². The van der Waals surface area contributed by atoms with Crippen LogP contribution in [0.3, 0.4) is 0 Å². The van der Waals surface area contributed by atoms with Gasteiger partial charge in [-0.2, -0.15) is 0 Å². The summed E-state index contributed by atoms with van der Waals surface area (Å²) >= 11 is 0. The van der Waals surface area contributed by atoms with Gasteiger partial charge in [-0.25, -0.2) is 12.4 Å². The van der Waals surface area contributed by atoms with E-state index in [1.807, 2.05) is 19.1 Å². The number of hydrogen-bond acceptors (Lipinski definition) is 5. The van der Waals surface area contributed by atoms with Gasteiger partial charge in [0, 0.05) is 11.8 Å². The van der Waals surface area contributed by atoms with Gasteiger partial charge in [-0.15, -0.1) is 0 Å². The molecule has 7 heteroatoms. The Kier molecular flexibility index (Phi) is 4.05. The first-order chi connectivity index (χ1) is 12.5. The van der Waals surface area contributed by atoms with E-state index in [9.17, 15) is 13.5 Å². The lowest BCUT2D eigenvalue weighted by molar-refractivity contribution is 0.0390. The van der Waals surface area contributed by atoms with Gasteiger partial charge in [-0.1, -0.05) is 41.1 Å². The van der Waals surface area contributed by atoms with E-state index in [0.717, 1.165) is 10.9 Å². The minimum absolute atomic E-state index is 0.169. The monoisotopic (exact) mass is 370 g/mol. The highest BCUT2D eigenvalue weighted by Crippen LogP contribution is 2.29. The molecule has 0 fully saturated rings. The number of para-hydroxylation sites is 1. The molecule has 1 aromatic heterocycles. The Morgan fingerprint density at radius 1 is 1.19 bits per heavy atom. The summed E-state index contributed by atoms with van der Waals surface area (Å²) in [5.41, 5.74) is 2.54. The number of oxime groups is 1. The molecule has 0 amide bonds. The average Bonchev–Trinajstić information content (AvgIpc) is 3.26. The van der Waals surface area contributed by atoms with Crippen LogP contribution >= 0.6 is 0 Å². The summed E-state index contributed by atoms with van der Waals surface area (Å²) in [4.78, 5) is 5.40. The molecule has 2 aromatic carbocycles. The van der Waals surface area contributed by atoms with Crippen molar-refractivity contribution in [1.82, 2.24) is 3.97 Å². The summed E-state index contributed by atoms with van der Waals surface area (Å²) in [6.07, 6.45) is -0.0884. The minimum Gasteiger partial charge on any atom is -0.392 e. The van der Waals surface area contributed by atoms with E-state index in [4.69, 9.17) is 4.84 Å². The third kappa shape index (κ3) is 2.69. The molecule has 3 aromatic rings. The fourth-order valence-electron chi connectivity index (χ4n) is 3.08. The van der Waals surface area contributed by atoms with Gasteiger partial charge in [0.05, 0.1) is 22.7 Å². The summed E-state index contributed by atoms with van der Waals surface area (Å²) in [5.74, 6) is 0. The minimum atomic E-state index is -3.81. The fourth-order valence-corrected chi connectivity index (χ4v) is 4.62. The molecule has 0 saturated heterocycles. The van der Waals surface area contributed by atoms with Gasteiger partial charge in [0.15, 0.2) is 6.10 Å². The Morgan fingerprint density at radius 2 is 1.92 bits per heavy atom. The van der Waals surface area contributed by atoms with Crippen LogP contribution in [0.5, 0.6) is 0 Å². The number of aliphatic hydroxyl groups is 1. The summed E-state index contributed by atoms with van der Waals surface area (Å²) in [7, 11) is -3.81. The highest BCUT2D eigenvalue weighted by molar-refractivity contribution is 7.90. The molecule has 1 aliphatic heterocycles. The molecule has 1 N–H and O–H groups in total. The SMILES string of the molecule is Cc1ccc(S(=O)(=O)n2c(C3=NOC(CO)C3)cc3ccccc32)cc1. The Morgan fingerprint density at radius 3 is 2.62 bits per heavy atom. The van der Waals surface area contributed by atoms with Gasteiger partial charge in [0.25, 0.3) is 10.0 Å². The van der Waals surface area contributed by atoms with Gasteiger partial charge < -0.3 is 9.94 Å². The van der Waals surface area contributed by atoms with Crippen molar-refractivity contribution >= 4 is 26.6 Å². The molecule has 6 nitrogen and oxygen atoms in total. The van der Waals surface area contributed by atoms with Gasteiger partial charge in [-0.3, -0.25) is 0 Å². The van der Waals surface area contributed by atoms with Crippen LogP contribution in [0.2, 0.25) is 0 Å². The molecule has 1 atom stereocenters. The van der Waals surface area contributed by atoms with Crippen LogP contribution in [-0.4, -0.2) is 35.9 Å². The fraction of sp³-hybridized carbons (Fsp3) is 0.211. The number of nitrogens with zero attached hydrogens (tertiary/aromatic N) is 2. The molecule has 0 saturated carbocycles. The predicted molar refractivity (Wildman–Crippen MR) is 98.8 cm³/mol. The first-order valence-electron chi connectivity index (χ1n) is 8.27. The Labute approximate surface area is 151 Å². The van der Waals surface area contributed by atoms with E-state index in [-0.39, 0.29) is 11.5 Å². The lowest BCUT2D eigenvalue weighted by Gasteiger charge is -2.12. The van der Waals surface area contributed by atoms with Gasteiger partial charge >= 0.3 is 0 Å². The van der Waals surface area contributed by atoms with Gasteiger partial charge in [0.1, 0.15) is 5.71 Å². The number of hydrogen-bond donors (Lipinski definition) is 1. The second-order valence-electron chi connectivity index (χ2n) is 6.32. The van der Waals surface area contributed by atoms with E-state index in [1.54, 1.807) is 42.5 Å². The van der Waals surface area contributed by atoms with Crippen molar-refractivity contribution in [2.45, 2.75) is 24.3 Å². The quantitative estimate of drug-likeness (QED) is 0.766. The Balaban J connectivity index is 1.93. The lowest BCUT2D eigenvalue weighted by atomic mass is 10.1. The Bertz CT molecular complexity index is 1100. The number of benzene rings is 2. The molecule has 0 radical (unpaired) electrons. The van der Waals surface area contributed by atoms with E-state index in [2.05, 4.69) is 5.16 Å². The van der Waals surface area contributed by atoms with Crippen LogP contribution in [0.25, 0.3) is 10.9 Å². The third-order valence-electron chi connectivity index (χ3n) is 4.46. The van der Waals surface area contributed by atoms with E-state index < -0.39 is 16.1 Å². The van der Waals surface area contributed by atoms with Gasteiger partial charge in [0.2, 0.25) is 0 Å². The normalized spacial score (nSPS) is 17.3. The number of rotatable bonds is 4. The molecular weight excluding hydrogens is 352 g/mol. The third-order valence-corrected chi connectivity index (χ3v) is 6.20. The van der Waals surface area contributed by atoms with E-state index >= 15 is 0 Å². The van der Waals surface area contributed by atoms with Crippen LogP contribution in [-0.2, 0) is 14.9 Å². The van der Waals surface area contributed by atoms with E-state index in [0.29, 0.717) is 23.3 Å². The number of aryl methyl sites for hydroxylation is 1. The molecule has 1 unspecified atom stereocenters. The van der Waals surface area contributed by atoms with Crippen LogP contribution < -0.4 is 0 Å². The molecule has 1 aliphatic rings. The van der Waals surface area contributed by atoms with E-state index in [1.165, 1.54) is 3.97 Å². The number of fused-ring (bicyclic) bond motifs is 1. The highest BCUT2D eigenvalue weighted by atomic mass is 32.2. The second kappa shape index (κ2) is 6.26. The van der Waals surface area contributed by atoms with Crippen LogP contribution in [0.15, 0.2) is 64.6 Å². The zero-order valence-corrected chi connectivity index (χ0v) is 15.0. The molecule has 26 heavy (non-hydrogen) atoms. The predicted octanol–water partition coefficient (Wildman–Crippen LogP) is 2.67. The highest BCUT2D eigenvalue weighted by Gasteiger charge is 2.29. The van der Waals surface area contributed by atoms with Crippen LogP contribution in [0.4, 0.5) is 0 Å². The van der Waals surface area contributed by atoms with Crippen LogP contribution in [0.1, 0.15) is 17.7 Å². The smallest absolute Gasteiger partial charge is 0.268 e. The average molecular weight is 370 g/mol. The summed E-state index contributed by atoms with van der Waals surface area (Å²) in [6, 6.07) is 15.8. The first-order valence-corrected chi connectivity index (χ1v) is 9.71. The largest absolute Gasteiger partial charge is 0.392 e. The van der Waals surface area contributed by atoms with Crippen molar-refractivity contribution in [3.05, 3.63) is 65.9 Å². The standard InChI is InChI=1S/C19H18N2O4S/c1-13-6-8-16(9-7-13)26(23,24)21-18-5-3-2-4-14(18)10-19(21)17-11-15(12-22)25-20-17/h2-10,15,22H,11-12H2,1H3. The van der Waals surface area contributed by atoms with Crippen LogP contribution in [0, 0.1) is 6.92 Å². The number of aromatic nitrogens is 1.